The fourth-order valence-electron chi connectivity index (χ4n) is 7.66. The van der Waals surface area contributed by atoms with Crippen LogP contribution in [-0.2, 0) is 13.8 Å². The first-order valence-electron chi connectivity index (χ1n) is 17.3. The molecule has 0 aliphatic carbocycles. The molecule has 258 valence electrons. The number of aromatic nitrogens is 4. The zero-order chi connectivity index (χ0) is 34.2. The molecule has 1 amide bonds. The van der Waals surface area contributed by atoms with Crippen molar-refractivity contribution in [3.8, 4) is 0 Å². The number of nitrogens with zero attached hydrogens (tertiary/aromatic N) is 5. The molecule has 0 bridgehead atoms. The smallest absolute Gasteiger partial charge is 0.259 e. The van der Waals surface area contributed by atoms with Gasteiger partial charge in [0, 0.05) is 18.2 Å². The Kier molecular flexibility index (Phi) is 9.32. The Morgan fingerprint density at radius 3 is 2.34 bits per heavy atom. The third-order valence-corrected chi connectivity index (χ3v) is 16.6. The predicted octanol–water partition coefficient (Wildman–Crippen LogP) is 6.09. The summed E-state index contributed by atoms with van der Waals surface area (Å²) in [6, 6.07) is 31.6. The Morgan fingerprint density at radius 1 is 0.980 bits per heavy atom. The molecule has 7 atom stereocenters. The molecule has 50 heavy (non-hydrogen) atoms. The van der Waals surface area contributed by atoms with Crippen LogP contribution >= 0.6 is 8.53 Å². The lowest BCUT2D eigenvalue weighted by Gasteiger charge is -2.32. The third-order valence-electron chi connectivity index (χ3n) is 10.3. The normalized spacial score (nSPS) is 26.7. The maximum atomic E-state index is 16.7. The van der Waals surface area contributed by atoms with Crippen LogP contribution in [0.4, 0.5) is 10.2 Å². The lowest BCUT2D eigenvalue weighted by Crippen LogP contribution is -2.58. The zero-order valence-corrected chi connectivity index (χ0v) is 29.9. The standard InChI is InChI=1S/C37H40FN6O4PSi/c1-3-29-33(31(38)37(46-29)43-24-41-32-34(39-23-40-35(32)43)42-36(45)25-14-7-4-8-15-25)48-49-44-21-13-20-28(44)30(47-49)22-50(2,26-16-9-5-10-17-26)27-18-11-6-12-19-27/h4-12,14-19,23-24,28-31,33,37H,3,13,20-22H2,1-2H3,(H,39,40,42,45)/t28-,29-,30+,31+,33?,37-,49+/m1/s1. The van der Waals surface area contributed by atoms with Crippen LogP contribution in [0.3, 0.4) is 0 Å². The number of imidazole rings is 1. The molecule has 3 fully saturated rings. The summed E-state index contributed by atoms with van der Waals surface area (Å²) in [5.74, 6) is -0.0839. The van der Waals surface area contributed by atoms with E-state index in [0.717, 1.165) is 25.4 Å². The minimum atomic E-state index is -2.19. The highest BCUT2D eigenvalue weighted by Crippen LogP contribution is 2.59. The number of nitrogens with one attached hydrogen (secondary N) is 1. The molecule has 1 N–H and O–H groups in total. The minimum absolute atomic E-state index is 0.0178. The van der Waals surface area contributed by atoms with Crippen molar-refractivity contribution in [2.24, 2.45) is 0 Å². The molecule has 5 heterocycles. The van der Waals surface area contributed by atoms with Gasteiger partial charge in [-0.2, -0.15) is 0 Å². The maximum Gasteiger partial charge on any atom is 0.259 e. The number of fused-ring (bicyclic) bond motifs is 2. The van der Waals surface area contributed by atoms with Gasteiger partial charge in [-0.25, -0.2) is 24.0 Å². The molecular weight excluding hydrogens is 671 g/mol. The molecule has 10 nitrogen and oxygen atoms in total. The SMILES string of the molecule is CC[C@H]1O[C@@H](n2cnc3c(NC(=O)c4ccccc4)ncnc32)[C@@H](F)C1O[P@]1O[C@@H](C[Si](C)(c2ccccc2)c2ccccc2)[C@H]2CCCN21. The lowest BCUT2D eigenvalue weighted by molar-refractivity contribution is -0.0224. The van der Waals surface area contributed by atoms with E-state index in [2.05, 4.69) is 92.1 Å². The van der Waals surface area contributed by atoms with Gasteiger partial charge in [0.2, 0.25) is 0 Å². The second-order valence-electron chi connectivity index (χ2n) is 13.4. The number of anilines is 1. The number of ether oxygens (including phenoxy) is 1. The van der Waals surface area contributed by atoms with Crippen LogP contribution < -0.4 is 15.7 Å². The first kappa shape index (κ1) is 33.3. The molecule has 5 aromatic rings. The molecule has 3 aliphatic rings. The Hall–Kier alpha value is -3.90. The fraction of sp³-hybridized carbons (Fsp3) is 0.351. The number of carbonyl (C=O) groups is 1. The van der Waals surface area contributed by atoms with E-state index in [9.17, 15) is 4.79 Å². The van der Waals surface area contributed by atoms with Crippen molar-refractivity contribution in [3.05, 3.63) is 109 Å². The van der Waals surface area contributed by atoms with Crippen molar-refractivity contribution in [1.82, 2.24) is 24.2 Å². The summed E-state index contributed by atoms with van der Waals surface area (Å²) in [4.78, 5) is 26.0. The molecule has 0 saturated carbocycles. The second kappa shape index (κ2) is 14.0. The summed E-state index contributed by atoms with van der Waals surface area (Å²) < 4.78 is 40.5. The predicted molar refractivity (Wildman–Crippen MR) is 194 cm³/mol. The molecule has 13 heteroatoms. The van der Waals surface area contributed by atoms with Gasteiger partial charge in [0.1, 0.15) is 20.5 Å². The second-order valence-corrected chi connectivity index (χ2v) is 19.0. The van der Waals surface area contributed by atoms with Crippen LogP contribution in [0.15, 0.2) is 104 Å². The van der Waals surface area contributed by atoms with E-state index in [0.29, 0.717) is 23.1 Å². The number of rotatable bonds is 10. The molecule has 0 radical (unpaired) electrons. The first-order valence-corrected chi connectivity index (χ1v) is 21.1. The van der Waals surface area contributed by atoms with Crippen molar-refractivity contribution >= 4 is 49.9 Å². The van der Waals surface area contributed by atoms with Gasteiger partial charge in [0.05, 0.1) is 18.5 Å². The molecule has 3 saturated heterocycles. The number of benzene rings is 3. The lowest BCUT2D eigenvalue weighted by atomic mass is 10.1. The Bertz CT molecular complexity index is 1900. The minimum Gasteiger partial charge on any atom is -0.349 e. The first-order chi connectivity index (χ1) is 24.4. The number of carbonyl (C=O) groups excluding carboxylic acids is 1. The van der Waals surface area contributed by atoms with Gasteiger partial charge >= 0.3 is 0 Å². The maximum absolute atomic E-state index is 16.7. The van der Waals surface area contributed by atoms with Gasteiger partial charge < -0.3 is 19.1 Å². The Labute approximate surface area is 293 Å². The van der Waals surface area contributed by atoms with Crippen LogP contribution in [0.2, 0.25) is 12.6 Å². The number of hydrogen-bond acceptors (Lipinski definition) is 8. The number of amides is 1. The third kappa shape index (κ3) is 6.08. The molecule has 1 unspecified atom stereocenters. The van der Waals surface area contributed by atoms with E-state index in [1.54, 1.807) is 28.8 Å². The average molecular weight is 711 g/mol. The molecule has 3 aliphatic heterocycles. The van der Waals surface area contributed by atoms with E-state index >= 15 is 4.39 Å². The highest BCUT2D eigenvalue weighted by molar-refractivity contribution is 7.45. The number of alkyl halides is 1. The fourth-order valence-corrected chi connectivity index (χ4v) is 13.6. The highest BCUT2D eigenvalue weighted by atomic mass is 31.2. The Morgan fingerprint density at radius 2 is 1.66 bits per heavy atom. The van der Waals surface area contributed by atoms with Gasteiger partial charge in [-0.3, -0.25) is 9.36 Å². The zero-order valence-electron chi connectivity index (χ0n) is 28.0. The van der Waals surface area contributed by atoms with Crippen molar-refractivity contribution in [2.75, 3.05) is 11.9 Å². The summed E-state index contributed by atoms with van der Waals surface area (Å²) in [5.41, 5.74) is 1.19. The summed E-state index contributed by atoms with van der Waals surface area (Å²) in [5, 5.41) is 5.56. The average Bonchev–Trinajstić information content (AvgIpc) is 3.95. The molecule has 2 aromatic heterocycles. The number of halogens is 1. The van der Waals surface area contributed by atoms with Crippen LogP contribution in [0.25, 0.3) is 11.2 Å². The van der Waals surface area contributed by atoms with Gasteiger partial charge in [-0.15, -0.1) is 0 Å². The summed E-state index contributed by atoms with van der Waals surface area (Å²) >= 11 is 0. The van der Waals surface area contributed by atoms with Gasteiger partial charge in [0.15, 0.2) is 29.4 Å². The van der Waals surface area contributed by atoms with Gasteiger partial charge in [-0.05, 0) is 37.4 Å². The molecule has 8 rings (SSSR count). The van der Waals surface area contributed by atoms with Crippen molar-refractivity contribution in [1.29, 1.82) is 0 Å². The monoisotopic (exact) mass is 710 g/mol. The Balaban J connectivity index is 1.02. The van der Waals surface area contributed by atoms with E-state index in [-0.39, 0.29) is 23.9 Å². The number of hydrogen-bond donors (Lipinski definition) is 1. The quantitative estimate of drug-likeness (QED) is 0.137. The molecular formula is C37H40FN6O4PSi. The van der Waals surface area contributed by atoms with E-state index in [1.165, 1.54) is 23.0 Å². The topological polar surface area (TPSA) is 104 Å². The van der Waals surface area contributed by atoms with Gasteiger partial charge in [-0.1, -0.05) is 103 Å². The van der Waals surface area contributed by atoms with Gasteiger partial charge in [0.25, 0.3) is 14.4 Å². The summed E-state index contributed by atoms with van der Waals surface area (Å²) in [7, 11) is -3.68. The molecule has 3 aromatic carbocycles. The highest BCUT2D eigenvalue weighted by Gasteiger charge is 2.54. The van der Waals surface area contributed by atoms with Crippen LogP contribution in [0, 0.1) is 0 Å². The largest absolute Gasteiger partial charge is 0.349 e. The van der Waals surface area contributed by atoms with E-state index in [4.69, 9.17) is 13.8 Å². The summed E-state index contributed by atoms with van der Waals surface area (Å²) in [6.45, 7) is 5.27. The van der Waals surface area contributed by atoms with Crippen LogP contribution in [0.1, 0.15) is 42.8 Å². The van der Waals surface area contributed by atoms with Crippen molar-refractivity contribution in [2.45, 2.75) is 75.5 Å². The van der Waals surface area contributed by atoms with E-state index < -0.39 is 41.2 Å². The van der Waals surface area contributed by atoms with Crippen LogP contribution in [0.5, 0.6) is 0 Å². The van der Waals surface area contributed by atoms with E-state index in [1.807, 2.05) is 13.0 Å². The summed E-state index contributed by atoms with van der Waals surface area (Å²) in [6.07, 6.45) is 1.61. The van der Waals surface area contributed by atoms with Crippen molar-refractivity contribution in [3.63, 3.8) is 0 Å². The van der Waals surface area contributed by atoms with Crippen LogP contribution in [-0.4, -0.2) is 75.2 Å². The van der Waals surface area contributed by atoms with Crippen molar-refractivity contribution < 1.29 is 23.0 Å². The molecule has 0 spiro atoms.